The number of halogens is 1. The van der Waals surface area contributed by atoms with Gasteiger partial charge in [0.25, 0.3) is 0 Å². The van der Waals surface area contributed by atoms with Crippen molar-refractivity contribution in [2.24, 2.45) is 5.73 Å². The summed E-state index contributed by atoms with van der Waals surface area (Å²) in [5, 5.41) is 2.64. The molecule has 2 atom stereocenters. The molecule has 1 aliphatic carbocycles. The van der Waals surface area contributed by atoms with Gasteiger partial charge in [-0.3, -0.25) is 4.79 Å². The molecule has 1 aliphatic rings. The van der Waals surface area contributed by atoms with Crippen molar-refractivity contribution in [3.05, 3.63) is 30.1 Å². The van der Waals surface area contributed by atoms with Crippen LogP contribution >= 0.6 is 0 Å². The first-order valence-corrected chi connectivity index (χ1v) is 6.08. The van der Waals surface area contributed by atoms with Crippen LogP contribution in [-0.4, -0.2) is 24.7 Å². The molecule has 0 aromatic heterocycles. The van der Waals surface area contributed by atoms with Gasteiger partial charge in [-0.25, -0.2) is 4.39 Å². The van der Waals surface area contributed by atoms with Gasteiger partial charge in [0.15, 0.2) is 0 Å². The standard InChI is InChI=1S/C13H17FN2O2/c14-9-4-6-10(7-5-9)16-13(17)8-18-12-3-1-2-11(12)15/h4-7,11-12H,1-3,8,15H2,(H,16,17). The third kappa shape index (κ3) is 3.51. The second-order valence-corrected chi connectivity index (χ2v) is 4.50. The summed E-state index contributed by atoms with van der Waals surface area (Å²) in [6, 6.07) is 5.64. The highest BCUT2D eigenvalue weighted by molar-refractivity contribution is 5.91. The second-order valence-electron chi connectivity index (χ2n) is 4.50. The van der Waals surface area contributed by atoms with E-state index >= 15 is 0 Å². The van der Waals surface area contributed by atoms with Crippen LogP contribution in [0.25, 0.3) is 0 Å². The van der Waals surface area contributed by atoms with Crippen LogP contribution in [0.15, 0.2) is 24.3 Å². The van der Waals surface area contributed by atoms with Gasteiger partial charge in [-0.05, 0) is 43.5 Å². The van der Waals surface area contributed by atoms with E-state index in [4.69, 9.17) is 10.5 Å². The number of nitrogens with two attached hydrogens (primary N) is 1. The molecule has 5 heteroatoms. The molecule has 18 heavy (non-hydrogen) atoms. The second kappa shape index (κ2) is 5.93. The minimum Gasteiger partial charge on any atom is -0.367 e. The highest BCUT2D eigenvalue weighted by atomic mass is 19.1. The van der Waals surface area contributed by atoms with Crippen molar-refractivity contribution in [3.8, 4) is 0 Å². The highest BCUT2D eigenvalue weighted by Gasteiger charge is 2.25. The number of rotatable bonds is 4. The van der Waals surface area contributed by atoms with Crippen LogP contribution in [0.3, 0.4) is 0 Å². The SMILES string of the molecule is NC1CCCC1OCC(=O)Nc1ccc(F)cc1. The highest BCUT2D eigenvalue weighted by Crippen LogP contribution is 2.20. The number of nitrogens with one attached hydrogen (secondary N) is 1. The average Bonchev–Trinajstić information content (AvgIpc) is 2.75. The Kier molecular flexibility index (Phi) is 4.28. The van der Waals surface area contributed by atoms with Crippen LogP contribution in [0.2, 0.25) is 0 Å². The number of anilines is 1. The van der Waals surface area contributed by atoms with E-state index in [1.54, 1.807) is 0 Å². The first kappa shape index (κ1) is 13.0. The fraction of sp³-hybridized carbons (Fsp3) is 0.462. The normalized spacial score (nSPS) is 23.0. The lowest BCUT2D eigenvalue weighted by atomic mass is 10.2. The quantitative estimate of drug-likeness (QED) is 0.856. The Morgan fingerprint density at radius 3 is 2.72 bits per heavy atom. The monoisotopic (exact) mass is 252 g/mol. The lowest BCUT2D eigenvalue weighted by Crippen LogP contribution is -2.33. The first-order chi connectivity index (χ1) is 8.65. The van der Waals surface area contributed by atoms with Crippen molar-refractivity contribution >= 4 is 11.6 Å². The molecule has 0 saturated heterocycles. The van der Waals surface area contributed by atoms with Crippen LogP contribution in [0.1, 0.15) is 19.3 Å². The van der Waals surface area contributed by atoms with Crippen molar-refractivity contribution in [1.29, 1.82) is 0 Å². The van der Waals surface area contributed by atoms with Crippen LogP contribution in [-0.2, 0) is 9.53 Å². The molecule has 1 saturated carbocycles. The fourth-order valence-electron chi connectivity index (χ4n) is 2.07. The number of ether oxygens (including phenoxy) is 1. The summed E-state index contributed by atoms with van der Waals surface area (Å²) in [5.74, 6) is -0.582. The summed E-state index contributed by atoms with van der Waals surface area (Å²) in [4.78, 5) is 11.6. The van der Waals surface area contributed by atoms with E-state index < -0.39 is 0 Å². The molecule has 3 N–H and O–H groups in total. The molecule has 0 heterocycles. The summed E-state index contributed by atoms with van der Waals surface area (Å²) in [6.07, 6.45) is 2.88. The molecule has 1 aromatic carbocycles. The Balaban J connectivity index is 1.76. The van der Waals surface area contributed by atoms with Crippen LogP contribution in [0.5, 0.6) is 0 Å². The van der Waals surface area contributed by atoms with E-state index in [1.807, 2.05) is 0 Å². The largest absolute Gasteiger partial charge is 0.367 e. The van der Waals surface area contributed by atoms with Gasteiger partial charge in [0.1, 0.15) is 12.4 Å². The summed E-state index contributed by atoms with van der Waals surface area (Å²) in [5.41, 5.74) is 6.39. The van der Waals surface area contributed by atoms with Crippen molar-refractivity contribution in [2.75, 3.05) is 11.9 Å². The Labute approximate surface area is 105 Å². The van der Waals surface area contributed by atoms with E-state index in [1.165, 1.54) is 24.3 Å². The maximum absolute atomic E-state index is 12.7. The average molecular weight is 252 g/mol. The van der Waals surface area contributed by atoms with Gasteiger partial charge >= 0.3 is 0 Å². The zero-order chi connectivity index (χ0) is 13.0. The zero-order valence-electron chi connectivity index (χ0n) is 10.1. The molecule has 98 valence electrons. The third-order valence-electron chi connectivity index (χ3n) is 3.06. The predicted molar refractivity (Wildman–Crippen MR) is 66.6 cm³/mol. The molecule has 1 fully saturated rings. The number of hydrogen-bond acceptors (Lipinski definition) is 3. The molecule has 4 nitrogen and oxygen atoms in total. The van der Waals surface area contributed by atoms with Gasteiger partial charge in [0.05, 0.1) is 6.10 Å². The summed E-state index contributed by atoms with van der Waals surface area (Å²) in [6.45, 7) is -0.0181. The summed E-state index contributed by atoms with van der Waals surface area (Å²) in [7, 11) is 0. The van der Waals surface area contributed by atoms with Crippen LogP contribution in [0, 0.1) is 5.82 Å². The summed E-state index contributed by atoms with van der Waals surface area (Å²) < 4.78 is 18.1. The predicted octanol–water partition coefficient (Wildman–Crippen LogP) is 1.66. The van der Waals surface area contributed by atoms with Gasteiger partial charge in [-0.15, -0.1) is 0 Å². The third-order valence-corrected chi connectivity index (χ3v) is 3.06. The van der Waals surface area contributed by atoms with Gasteiger partial charge in [0, 0.05) is 11.7 Å². The Morgan fingerprint density at radius 1 is 1.39 bits per heavy atom. The number of carbonyl (C=O) groups is 1. The van der Waals surface area contributed by atoms with Gasteiger partial charge in [0.2, 0.25) is 5.91 Å². The number of benzene rings is 1. The molecule has 2 rings (SSSR count). The summed E-state index contributed by atoms with van der Waals surface area (Å²) >= 11 is 0. The maximum atomic E-state index is 12.7. The number of hydrogen-bond donors (Lipinski definition) is 2. The van der Waals surface area contributed by atoms with Gasteiger partial charge in [-0.2, -0.15) is 0 Å². The van der Waals surface area contributed by atoms with E-state index in [-0.39, 0.29) is 30.5 Å². The smallest absolute Gasteiger partial charge is 0.250 e. The van der Waals surface area contributed by atoms with E-state index in [9.17, 15) is 9.18 Å². The van der Waals surface area contributed by atoms with Crippen molar-refractivity contribution in [1.82, 2.24) is 0 Å². The van der Waals surface area contributed by atoms with E-state index in [2.05, 4.69) is 5.32 Å². The lowest BCUT2D eigenvalue weighted by molar-refractivity contribution is -0.122. The molecular weight excluding hydrogens is 235 g/mol. The first-order valence-electron chi connectivity index (χ1n) is 6.08. The Hall–Kier alpha value is -1.46. The van der Waals surface area contributed by atoms with Gasteiger partial charge < -0.3 is 15.8 Å². The van der Waals surface area contributed by atoms with Crippen molar-refractivity contribution in [3.63, 3.8) is 0 Å². The van der Waals surface area contributed by atoms with Crippen molar-refractivity contribution in [2.45, 2.75) is 31.4 Å². The maximum Gasteiger partial charge on any atom is 0.250 e. The van der Waals surface area contributed by atoms with E-state index in [0.29, 0.717) is 5.69 Å². The molecule has 1 aromatic rings. The molecular formula is C13H17FN2O2. The van der Waals surface area contributed by atoms with Crippen molar-refractivity contribution < 1.29 is 13.9 Å². The Bertz CT molecular complexity index is 408. The van der Waals surface area contributed by atoms with Crippen LogP contribution < -0.4 is 11.1 Å². The van der Waals surface area contributed by atoms with Crippen LogP contribution in [0.4, 0.5) is 10.1 Å². The van der Waals surface area contributed by atoms with Gasteiger partial charge in [-0.1, -0.05) is 0 Å². The lowest BCUT2D eigenvalue weighted by Gasteiger charge is -2.15. The molecule has 2 unspecified atom stereocenters. The molecule has 0 radical (unpaired) electrons. The molecule has 1 amide bonds. The molecule has 0 spiro atoms. The zero-order valence-corrected chi connectivity index (χ0v) is 10.1. The Morgan fingerprint density at radius 2 is 2.11 bits per heavy atom. The van der Waals surface area contributed by atoms with E-state index in [0.717, 1.165) is 19.3 Å². The number of amides is 1. The fourth-order valence-corrected chi connectivity index (χ4v) is 2.07. The topological polar surface area (TPSA) is 64.3 Å². The number of carbonyl (C=O) groups excluding carboxylic acids is 1. The minimum atomic E-state index is -0.332. The molecule has 0 bridgehead atoms. The minimum absolute atomic E-state index is 0.0181. The molecule has 0 aliphatic heterocycles.